The smallest absolute Gasteiger partial charge is 0.229 e. The van der Waals surface area contributed by atoms with Crippen LogP contribution >= 0.6 is 0 Å². The summed E-state index contributed by atoms with van der Waals surface area (Å²) in [4.78, 5) is 20.0. The molecule has 0 saturated carbocycles. The highest BCUT2D eigenvalue weighted by molar-refractivity contribution is 5.80. The minimum absolute atomic E-state index is 0.0147. The van der Waals surface area contributed by atoms with Crippen LogP contribution in [0.1, 0.15) is 18.4 Å². The zero-order chi connectivity index (χ0) is 17.9. The average molecular weight is 357 g/mol. The number of para-hydroxylation sites is 1. The van der Waals surface area contributed by atoms with Crippen LogP contribution in [0.15, 0.2) is 24.3 Å². The van der Waals surface area contributed by atoms with Gasteiger partial charge in [-0.05, 0) is 43.9 Å². The number of ether oxygens (including phenoxy) is 1. The van der Waals surface area contributed by atoms with E-state index in [-0.39, 0.29) is 11.8 Å². The first-order chi connectivity index (χ1) is 12.7. The molecule has 1 aromatic carbocycles. The van der Waals surface area contributed by atoms with Gasteiger partial charge in [0.05, 0.1) is 5.92 Å². The Balaban J connectivity index is 1.25. The number of piperidine rings is 1. The van der Waals surface area contributed by atoms with E-state index in [2.05, 4.69) is 27.8 Å². The number of piperazine rings is 1. The monoisotopic (exact) mass is 357 g/mol. The first-order valence-corrected chi connectivity index (χ1v) is 10.1. The molecular weight excluding hydrogens is 326 g/mol. The van der Waals surface area contributed by atoms with Crippen LogP contribution in [-0.4, -0.2) is 80.1 Å². The number of benzene rings is 1. The molecule has 2 saturated heterocycles. The van der Waals surface area contributed by atoms with Crippen molar-refractivity contribution in [2.24, 2.45) is 11.8 Å². The van der Waals surface area contributed by atoms with Crippen molar-refractivity contribution in [1.29, 1.82) is 0 Å². The predicted octanol–water partition coefficient (Wildman–Crippen LogP) is 1.72. The maximum Gasteiger partial charge on any atom is 0.229 e. The van der Waals surface area contributed by atoms with E-state index in [1.165, 1.54) is 38.3 Å². The Kier molecular flexibility index (Phi) is 5.46. The molecule has 5 nitrogen and oxygen atoms in total. The molecule has 0 bridgehead atoms. The molecule has 0 spiro atoms. The van der Waals surface area contributed by atoms with Gasteiger partial charge in [0, 0.05) is 45.8 Å². The second-order valence-corrected chi connectivity index (χ2v) is 8.19. The van der Waals surface area contributed by atoms with Gasteiger partial charge in [-0.2, -0.15) is 0 Å². The first kappa shape index (κ1) is 17.8. The van der Waals surface area contributed by atoms with E-state index in [9.17, 15) is 4.79 Å². The van der Waals surface area contributed by atoms with Crippen molar-refractivity contribution < 1.29 is 9.53 Å². The highest BCUT2D eigenvalue weighted by atomic mass is 16.5. The quantitative estimate of drug-likeness (QED) is 0.825. The summed E-state index contributed by atoms with van der Waals surface area (Å²) in [6, 6.07) is 8.10. The zero-order valence-corrected chi connectivity index (χ0v) is 15.9. The first-order valence-electron chi connectivity index (χ1n) is 10.1. The standard InChI is InChI=1S/C21H31N3O2/c1-22-10-12-23(13-11-22)15-17-6-8-24(9-7-17)21(25)19-14-18-4-2-3-5-20(18)26-16-19/h2-5,17,19H,6-16H2,1H3. The van der Waals surface area contributed by atoms with Crippen LogP contribution in [0.2, 0.25) is 0 Å². The van der Waals surface area contributed by atoms with E-state index in [1.807, 2.05) is 18.2 Å². The molecule has 3 heterocycles. The van der Waals surface area contributed by atoms with E-state index in [1.54, 1.807) is 0 Å². The molecule has 3 aliphatic heterocycles. The minimum atomic E-state index is -0.0147. The number of rotatable bonds is 3. The second-order valence-electron chi connectivity index (χ2n) is 8.19. The third-order valence-electron chi connectivity index (χ3n) is 6.27. The van der Waals surface area contributed by atoms with Crippen LogP contribution in [0.25, 0.3) is 0 Å². The number of amides is 1. The maximum absolute atomic E-state index is 12.9. The highest BCUT2D eigenvalue weighted by Gasteiger charge is 2.32. The second kappa shape index (κ2) is 7.97. The number of likely N-dealkylation sites (tertiary alicyclic amines) is 1. The molecule has 1 atom stereocenters. The molecule has 0 aliphatic carbocycles. The lowest BCUT2D eigenvalue weighted by atomic mass is 9.92. The van der Waals surface area contributed by atoms with Crippen molar-refractivity contribution in [2.75, 3.05) is 59.5 Å². The summed E-state index contributed by atoms with van der Waals surface area (Å²) < 4.78 is 5.82. The van der Waals surface area contributed by atoms with Gasteiger partial charge in [0.1, 0.15) is 12.4 Å². The topological polar surface area (TPSA) is 36.0 Å². The van der Waals surface area contributed by atoms with Gasteiger partial charge in [-0.15, -0.1) is 0 Å². The van der Waals surface area contributed by atoms with Crippen LogP contribution in [0, 0.1) is 11.8 Å². The summed E-state index contributed by atoms with van der Waals surface area (Å²) in [6.45, 7) is 8.29. The number of carbonyl (C=O) groups excluding carboxylic acids is 1. The molecule has 142 valence electrons. The zero-order valence-electron chi connectivity index (χ0n) is 15.9. The Hall–Kier alpha value is -1.59. The Bertz CT molecular complexity index is 619. The Morgan fingerprint density at radius 3 is 2.58 bits per heavy atom. The van der Waals surface area contributed by atoms with E-state index in [0.29, 0.717) is 6.61 Å². The minimum Gasteiger partial charge on any atom is -0.492 e. The molecule has 1 amide bonds. The summed E-state index contributed by atoms with van der Waals surface area (Å²) in [7, 11) is 2.20. The molecule has 3 aliphatic rings. The lowest BCUT2D eigenvalue weighted by molar-refractivity contribution is -0.138. The van der Waals surface area contributed by atoms with E-state index >= 15 is 0 Å². The van der Waals surface area contributed by atoms with Crippen molar-refractivity contribution in [1.82, 2.24) is 14.7 Å². The van der Waals surface area contributed by atoms with Crippen LogP contribution < -0.4 is 4.74 Å². The van der Waals surface area contributed by atoms with E-state index < -0.39 is 0 Å². The normalized spacial score (nSPS) is 25.6. The molecule has 4 rings (SSSR count). The fourth-order valence-electron chi connectivity index (χ4n) is 4.48. The van der Waals surface area contributed by atoms with Gasteiger partial charge < -0.3 is 19.4 Å². The van der Waals surface area contributed by atoms with Crippen LogP contribution in [0.5, 0.6) is 5.75 Å². The van der Waals surface area contributed by atoms with Crippen LogP contribution in [0.3, 0.4) is 0 Å². The Morgan fingerprint density at radius 1 is 1.08 bits per heavy atom. The summed E-state index contributed by atoms with van der Waals surface area (Å²) in [5, 5.41) is 0. The van der Waals surface area contributed by atoms with Crippen molar-refractivity contribution in [2.45, 2.75) is 19.3 Å². The van der Waals surface area contributed by atoms with Gasteiger partial charge in [-0.25, -0.2) is 0 Å². The van der Waals surface area contributed by atoms with Crippen molar-refractivity contribution >= 4 is 5.91 Å². The number of nitrogens with zero attached hydrogens (tertiary/aromatic N) is 3. The molecule has 1 unspecified atom stereocenters. The summed E-state index contributed by atoms with van der Waals surface area (Å²) in [5.41, 5.74) is 1.17. The van der Waals surface area contributed by atoms with Gasteiger partial charge in [-0.3, -0.25) is 4.79 Å². The molecule has 1 aromatic rings. The number of hydrogen-bond donors (Lipinski definition) is 0. The molecule has 26 heavy (non-hydrogen) atoms. The Labute approximate surface area is 156 Å². The molecule has 5 heteroatoms. The molecule has 2 fully saturated rings. The van der Waals surface area contributed by atoms with E-state index in [4.69, 9.17) is 4.74 Å². The Morgan fingerprint density at radius 2 is 1.81 bits per heavy atom. The fraction of sp³-hybridized carbons (Fsp3) is 0.667. The maximum atomic E-state index is 12.9. The summed E-state index contributed by atoms with van der Waals surface area (Å²) in [5.74, 6) is 1.96. The van der Waals surface area contributed by atoms with Gasteiger partial charge in [-0.1, -0.05) is 18.2 Å². The molecule has 0 N–H and O–H groups in total. The van der Waals surface area contributed by atoms with Crippen molar-refractivity contribution in [3.05, 3.63) is 29.8 Å². The number of likely N-dealkylation sites (N-methyl/N-ethyl adjacent to an activating group) is 1. The van der Waals surface area contributed by atoms with Crippen LogP contribution in [-0.2, 0) is 11.2 Å². The fourth-order valence-corrected chi connectivity index (χ4v) is 4.48. The van der Waals surface area contributed by atoms with Gasteiger partial charge in [0.15, 0.2) is 0 Å². The lowest BCUT2D eigenvalue weighted by Crippen LogP contribution is -2.49. The van der Waals surface area contributed by atoms with Gasteiger partial charge in [0.25, 0.3) is 0 Å². The third kappa shape index (κ3) is 4.04. The number of carbonyl (C=O) groups is 1. The lowest BCUT2D eigenvalue weighted by Gasteiger charge is -2.39. The third-order valence-corrected chi connectivity index (χ3v) is 6.27. The summed E-state index contributed by atoms with van der Waals surface area (Å²) in [6.07, 6.45) is 3.10. The highest BCUT2D eigenvalue weighted by Crippen LogP contribution is 2.29. The van der Waals surface area contributed by atoms with Crippen molar-refractivity contribution in [3.8, 4) is 5.75 Å². The molecule has 0 aromatic heterocycles. The van der Waals surface area contributed by atoms with Gasteiger partial charge in [0.2, 0.25) is 5.91 Å². The van der Waals surface area contributed by atoms with Crippen molar-refractivity contribution in [3.63, 3.8) is 0 Å². The molecular formula is C21H31N3O2. The van der Waals surface area contributed by atoms with Crippen LogP contribution in [0.4, 0.5) is 0 Å². The largest absolute Gasteiger partial charge is 0.492 e. The predicted molar refractivity (Wildman–Crippen MR) is 102 cm³/mol. The average Bonchev–Trinajstić information content (AvgIpc) is 2.69. The SMILES string of the molecule is CN1CCN(CC2CCN(C(=O)C3COc4ccccc4C3)CC2)CC1. The van der Waals surface area contributed by atoms with Gasteiger partial charge >= 0.3 is 0 Å². The molecule has 0 radical (unpaired) electrons. The number of hydrogen-bond acceptors (Lipinski definition) is 4. The summed E-state index contributed by atoms with van der Waals surface area (Å²) >= 11 is 0. The number of fused-ring (bicyclic) bond motifs is 1. The van der Waals surface area contributed by atoms with E-state index in [0.717, 1.165) is 44.0 Å².